The quantitative estimate of drug-likeness (QED) is 0.573. The van der Waals surface area contributed by atoms with Crippen LogP contribution >= 0.6 is 0 Å². The topological polar surface area (TPSA) is 0 Å². The van der Waals surface area contributed by atoms with Crippen molar-refractivity contribution >= 4 is 6.08 Å². The highest BCUT2D eigenvalue weighted by molar-refractivity contribution is 5.67. The van der Waals surface area contributed by atoms with Gasteiger partial charge < -0.3 is 0 Å². The highest BCUT2D eigenvalue weighted by Crippen LogP contribution is 2.23. The maximum Gasteiger partial charge on any atom is -0.0181 e. The molecule has 0 spiro atoms. The Morgan fingerprint density at radius 1 is 0.857 bits per heavy atom. The highest BCUT2D eigenvalue weighted by atomic mass is 14.1. The molecule has 0 atom stereocenters. The molecule has 0 aliphatic carbocycles. The van der Waals surface area contributed by atoms with Crippen molar-refractivity contribution < 1.29 is 0 Å². The smallest absolute Gasteiger partial charge is 0.0181 e. The van der Waals surface area contributed by atoms with Gasteiger partial charge in [0.15, 0.2) is 0 Å². The van der Waals surface area contributed by atoms with E-state index in [-0.39, 0.29) is 0 Å². The SMILES string of the molecule is C=Cc1ccc(-c2ccc(C)cc2)cc1CC.CC.CC. The average Bonchev–Trinajstić information content (AvgIpc) is 2.58. The molecule has 0 unspecified atom stereocenters. The minimum atomic E-state index is 1.04. The third-order valence-corrected chi connectivity index (χ3v) is 3.13. The van der Waals surface area contributed by atoms with E-state index >= 15 is 0 Å². The van der Waals surface area contributed by atoms with Crippen molar-refractivity contribution in [1.82, 2.24) is 0 Å². The fourth-order valence-corrected chi connectivity index (χ4v) is 2.04. The van der Waals surface area contributed by atoms with Gasteiger partial charge in [0.2, 0.25) is 0 Å². The molecule has 0 heteroatoms. The molecule has 21 heavy (non-hydrogen) atoms. The predicted octanol–water partition coefficient (Wildman–Crippen LogP) is 6.92. The van der Waals surface area contributed by atoms with Gasteiger partial charge in [-0.15, -0.1) is 0 Å². The van der Waals surface area contributed by atoms with Gasteiger partial charge in [-0.05, 0) is 35.6 Å². The summed E-state index contributed by atoms with van der Waals surface area (Å²) < 4.78 is 0. The summed E-state index contributed by atoms with van der Waals surface area (Å²) in [5.41, 5.74) is 6.46. The normalized spacial score (nSPS) is 8.86. The van der Waals surface area contributed by atoms with Crippen LogP contribution in [-0.2, 0) is 6.42 Å². The summed E-state index contributed by atoms with van der Waals surface area (Å²) in [5.74, 6) is 0. The fourth-order valence-electron chi connectivity index (χ4n) is 2.04. The third kappa shape index (κ3) is 5.59. The molecule has 0 nitrogen and oxygen atoms in total. The maximum absolute atomic E-state index is 3.85. The van der Waals surface area contributed by atoms with Gasteiger partial charge in [0.1, 0.15) is 0 Å². The van der Waals surface area contributed by atoms with Crippen LogP contribution in [0.4, 0.5) is 0 Å². The lowest BCUT2D eigenvalue weighted by Gasteiger charge is -2.08. The zero-order valence-corrected chi connectivity index (χ0v) is 14.5. The summed E-state index contributed by atoms with van der Waals surface area (Å²) in [4.78, 5) is 0. The maximum atomic E-state index is 3.85. The van der Waals surface area contributed by atoms with Gasteiger partial charge in [0.05, 0.1) is 0 Å². The predicted molar refractivity (Wildman–Crippen MR) is 98.8 cm³/mol. The van der Waals surface area contributed by atoms with Crippen molar-refractivity contribution in [2.75, 3.05) is 0 Å². The summed E-state index contributed by atoms with van der Waals surface area (Å²) in [6, 6.07) is 15.3. The first-order valence-corrected chi connectivity index (χ1v) is 8.07. The van der Waals surface area contributed by atoms with Crippen LogP contribution in [-0.4, -0.2) is 0 Å². The summed E-state index contributed by atoms with van der Waals surface area (Å²) >= 11 is 0. The molecular formula is C21H30. The van der Waals surface area contributed by atoms with Gasteiger partial charge in [-0.2, -0.15) is 0 Å². The van der Waals surface area contributed by atoms with Gasteiger partial charge in [-0.3, -0.25) is 0 Å². The molecule has 0 bridgehead atoms. The van der Waals surface area contributed by atoms with E-state index in [1.54, 1.807) is 0 Å². The highest BCUT2D eigenvalue weighted by Gasteiger charge is 2.01. The number of rotatable bonds is 3. The fraction of sp³-hybridized carbons (Fsp3) is 0.333. The van der Waals surface area contributed by atoms with Gasteiger partial charge >= 0.3 is 0 Å². The lowest BCUT2D eigenvalue weighted by atomic mass is 9.97. The molecule has 0 saturated heterocycles. The van der Waals surface area contributed by atoms with E-state index in [1.807, 2.05) is 33.8 Å². The molecule has 0 fully saturated rings. The van der Waals surface area contributed by atoms with Crippen molar-refractivity contribution in [3.05, 3.63) is 65.7 Å². The number of hydrogen-bond acceptors (Lipinski definition) is 0. The lowest BCUT2D eigenvalue weighted by molar-refractivity contribution is 1.13. The first kappa shape index (κ1) is 19.2. The molecule has 0 saturated carbocycles. The van der Waals surface area contributed by atoms with Crippen LogP contribution in [0.3, 0.4) is 0 Å². The Kier molecular flexibility index (Phi) is 9.96. The van der Waals surface area contributed by atoms with Crippen LogP contribution in [0.25, 0.3) is 17.2 Å². The second-order valence-corrected chi connectivity index (χ2v) is 4.34. The van der Waals surface area contributed by atoms with Crippen LogP contribution in [0.15, 0.2) is 49.0 Å². The summed E-state index contributed by atoms with van der Waals surface area (Å²) in [6.45, 7) is 16.1. The minimum Gasteiger partial charge on any atom is -0.0985 e. The molecule has 2 aromatic rings. The standard InChI is InChI=1S/C17H18.2C2H6/c1-4-14-10-11-17(12-15(14)5-2)16-8-6-13(3)7-9-16;2*1-2/h4,6-12H,1,5H2,2-3H3;2*1-2H3. The summed E-state index contributed by atoms with van der Waals surface area (Å²) in [5, 5.41) is 0. The number of benzene rings is 2. The van der Waals surface area contributed by atoms with E-state index in [1.165, 1.54) is 27.8 Å². The monoisotopic (exact) mass is 282 g/mol. The van der Waals surface area contributed by atoms with E-state index < -0.39 is 0 Å². The molecule has 0 aliphatic heterocycles. The first-order chi connectivity index (χ1) is 10.2. The molecule has 0 amide bonds. The lowest BCUT2D eigenvalue weighted by Crippen LogP contribution is -1.88. The van der Waals surface area contributed by atoms with Crippen molar-refractivity contribution in [1.29, 1.82) is 0 Å². The van der Waals surface area contributed by atoms with Crippen molar-refractivity contribution in [3.8, 4) is 11.1 Å². The second-order valence-electron chi connectivity index (χ2n) is 4.34. The summed E-state index contributed by atoms with van der Waals surface area (Å²) in [7, 11) is 0. The first-order valence-electron chi connectivity index (χ1n) is 8.07. The van der Waals surface area contributed by atoms with E-state index in [0.29, 0.717) is 0 Å². The Morgan fingerprint density at radius 2 is 1.38 bits per heavy atom. The van der Waals surface area contributed by atoms with Crippen molar-refractivity contribution in [3.63, 3.8) is 0 Å². The Bertz CT molecular complexity index is 518. The molecule has 2 rings (SSSR count). The van der Waals surface area contributed by atoms with E-state index in [2.05, 4.69) is 62.9 Å². The third-order valence-electron chi connectivity index (χ3n) is 3.13. The van der Waals surface area contributed by atoms with Gasteiger partial charge in [0.25, 0.3) is 0 Å². The van der Waals surface area contributed by atoms with Crippen LogP contribution in [0.1, 0.15) is 51.3 Å². The van der Waals surface area contributed by atoms with Gasteiger partial charge in [-0.25, -0.2) is 0 Å². The molecule has 0 aliphatic rings. The zero-order chi connectivity index (χ0) is 16.3. The Balaban J connectivity index is 0.000000921. The second kappa shape index (κ2) is 10.9. The average molecular weight is 282 g/mol. The van der Waals surface area contributed by atoms with Crippen LogP contribution in [0, 0.1) is 6.92 Å². The van der Waals surface area contributed by atoms with E-state index in [0.717, 1.165) is 6.42 Å². The van der Waals surface area contributed by atoms with Gasteiger partial charge in [-0.1, -0.05) is 95.3 Å². The number of aryl methyl sites for hydroxylation is 2. The van der Waals surface area contributed by atoms with Crippen LogP contribution in [0.5, 0.6) is 0 Å². The van der Waals surface area contributed by atoms with Crippen molar-refractivity contribution in [2.45, 2.75) is 48.0 Å². The molecule has 0 radical (unpaired) electrons. The van der Waals surface area contributed by atoms with E-state index in [9.17, 15) is 0 Å². The molecular weight excluding hydrogens is 252 g/mol. The van der Waals surface area contributed by atoms with Crippen LogP contribution < -0.4 is 0 Å². The molecule has 2 aromatic carbocycles. The van der Waals surface area contributed by atoms with Crippen molar-refractivity contribution in [2.24, 2.45) is 0 Å². The summed E-state index contributed by atoms with van der Waals surface area (Å²) in [6.07, 6.45) is 2.97. The van der Waals surface area contributed by atoms with Crippen LogP contribution in [0.2, 0.25) is 0 Å². The Hall–Kier alpha value is -1.82. The largest absolute Gasteiger partial charge is 0.0985 e. The van der Waals surface area contributed by atoms with E-state index in [4.69, 9.17) is 0 Å². The number of hydrogen-bond donors (Lipinski definition) is 0. The molecule has 0 N–H and O–H groups in total. The Morgan fingerprint density at radius 3 is 1.86 bits per heavy atom. The zero-order valence-electron chi connectivity index (χ0n) is 14.5. The molecule has 0 aromatic heterocycles. The minimum absolute atomic E-state index is 1.04. The van der Waals surface area contributed by atoms with Gasteiger partial charge in [0, 0.05) is 0 Å². The Labute approximate surface area is 131 Å². The molecule has 0 heterocycles. The molecule has 114 valence electrons.